The summed E-state index contributed by atoms with van der Waals surface area (Å²) in [5.41, 5.74) is 5.83. The fourth-order valence-corrected chi connectivity index (χ4v) is 5.39. The fourth-order valence-electron chi connectivity index (χ4n) is 5.39. The molecule has 0 bridgehead atoms. The molecular weight excluding hydrogens is 537 g/mol. The summed E-state index contributed by atoms with van der Waals surface area (Å²) in [6.07, 6.45) is 5.93. The number of nitrogens with zero attached hydrogens (tertiary/aromatic N) is 3. The van der Waals surface area contributed by atoms with Crippen LogP contribution in [0.4, 0.5) is 10.5 Å². The van der Waals surface area contributed by atoms with Gasteiger partial charge in [0.05, 0.1) is 6.54 Å². The van der Waals surface area contributed by atoms with Crippen molar-refractivity contribution in [1.82, 2.24) is 14.8 Å². The SMILES string of the molecule is C=[C-][C@@H]1CC(C)(C)CN1C(=O)NCc1ccc(C(=O)N2Cc3cccn3Cc3ccccc32)cc1C.[Y]. The molecule has 3 amide bonds. The molecule has 3 heterocycles. The maximum absolute atomic E-state index is 13.7. The average Bonchev–Trinajstić information content (AvgIpc) is 3.39. The maximum Gasteiger partial charge on any atom is 0.315 e. The maximum atomic E-state index is 13.7. The van der Waals surface area contributed by atoms with E-state index in [1.165, 1.54) is 0 Å². The van der Waals surface area contributed by atoms with E-state index in [1.54, 1.807) is 0 Å². The molecule has 1 aromatic heterocycles. The first kappa shape index (κ1) is 27.3. The molecule has 189 valence electrons. The van der Waals surface area contributed by atoms with Gasteiger partial charge in [-0.25, -0.2) is 4.79 Å². The summed E-state index contributed by atoms with van der Waals surface area (Å²) >= 11 is 0. The molecule has 1 fully saturated rings. The van der Waals surface area contributed by atoms with Crippen LogP contribution in [-0.4, -0.2) is 34.0 Å². The van der Waals surface area contributed by atoms with E-state index in [-0.39, 0.29) is 56.1 Å². The predicted molar refractivity (Wildman–Crippen MR) is 142 cm³/mol. The molecule has 1 saturated heterocycles. The van der Waals surface area contributed by atoms with Crippen molar-refractivity contribution in [2.24, 2.45) is 5.41 Å². The Labute approximate surface area is 244 Å². The zero-order chi connectivity index (χ0) is 25.4. The number of anilines is 1. The molecule has 0 aliphatic carbocycles. The number of carbonyl (C=O) groups is 2. The van der Waals surface area contributed by atoms with Crippen LogP contribution in [0.5, 0.6) is 0 Å². The molecule has 6 nitrogen and oxygen atoms in total. The van der Waals surface area contributed by atoms with Crippen molar-refractivity contribution in [1.29, 1.82) is 0 Å². The Bertz CT molecular complexity index is 1330. The first-order chi connectivity index (χ1) is 17.3. The van der Waals surface area contributed by atoms with Gasteiger partial charge in [0.15, 0.2) is 0 Å². The van der Waals surface area contributed by atoms with Crippen LogP contribution in [0.1, 0.15) is 53.0 Å². The minimum absolute atomic E-state index is 0. The van der Waals surface area contributed by atoms with Crippen molar-refractivity contribution in [3.63, 3.8) is 0 Å². The van der Waals surface area contributed by atoms with E-state index in [0.29, 0.717) is 25.2 Å². The number of urea groups is 1. The number of aryl methyl sites for hydroxylation is 1. The monoisotopic (exact) mass is 570 g/mol. The van der Waals surface area contributed by atoms with Crippen LogP contribution in [0.25, 0.3) is 0 Å². The van der Waals surface area contributed by atoms with E-state index in [4.69, 9.17) is 0 Å². The quantitative estimate of drug-likeness (QED) is 0.433. The van der Waals surface area contributed by atoms with E-state index < -0.39 is 0 Å². The van der Waals surface area contributed by atoms with Gasteiger partial charge in [-0.1, -0.05) is 50.6 Å². The Morgan fingerprint density at radius 3 is 2.65 bits per heavy atom. The number of nitrogens with one attached hydrogen (secondary N) is 1. The number of hydrogen-bond donors (Lipinski definition) is 1. The van der Waals surface area contributed by atoms with E-state index >= 15 is 0 Å². The molecule has 1 atom stereocenters. The number of hydrogen-bond acceptors (Lipinski definition) is 2. The number of amides is 3. The molecule has 5 rings (SSSR count). The average molecular weight is 571 g/mol. The largest absolute Gasteiger partial charge is 0.480 e. The number of fused-ring (bicyclic) bond motifs is 2. The van der Waals surface area contributed by atoms with Gasteiger partial charge >= 0.3 is 6.03 Å². The van der Waals surface area contributed by atoms with Crippen LogP contribution in [0.2, 0.25) is 0 Å². The van der Waals surface area contributed by atoms with Gasteiger partial charge in [0.2, 0.25) is 0 Å². The van der Waals surface area contributed by atoms with Gasteiger partial charge in [-0.2, -0.15) is 0 Å². The topological polar surface area (TPSA) is 57.6 Å². The van der Waals surface area contributed by atoms with E-state index in [9.17, 15) is 9.59 Å². The molecule has 0 saturated carbocycles. The second kappa shape index (κ2) is 11.0. The third kappa shape index (κ3) is 5.61. The van der Waals surface area contributed by atoms with Crippen LogP contribution in [-0.2, 0) is 52.3 Å². The molecule has 2 aromatic carbocycles. The molecule has 37 heavy (non-hydrogen) atoms. The molecule has 7 heteroatoms. The Kier molecular flexibility index (Phi) is 8.10. The van der Waals surface area contributed by atoms with Crippen LogP contribution >= 0.6 is 0 Å². The fraction of sp³-hybridized carbons (Fsp3) is 0.333. The first-order valence-electron chi connectivity index (χ1n) is 12.5. The number of para-hydroxylation sites is 1. The number of rotatable bonds is 4. The van der Waals surface area contributed by atoms with Gasteiger partial charge in [0.1, 0.15) is 0 Å². The molecule has 2 aliphatic rings. The zero-order valence-corrected chi connectivity index (χ0v) is 24.7. The van der Waals surface area contributed by atoms with Gasteiger partial charge in [0, 0.05) is 75.5 Å². The van der Waals surface area contributed by atoms with E-state index in [0.717, 1.165) is 41.0 Å². The second-order valence-electron chi connectivity index (χ2n) is 10.7. The normalized spacial score (nSPS) is 17.8. The van der Waals surface area contributed by atoms with Crippen molar-refractivity contribution in [3.8, 4) is 0 Å². The molecule has 1 N–H and O–H groups in total. The van der Waals surface area contributed by atoms with Crippen LogP contribution in [0.3, 0.4) is 0 Å². The summed E-state index contributed by atoms with van der Waals surface area (Å²) in [5.74, 6) is -0.0283. The third-order valence-electron chi connectivity index (χ3n) is 7.35. The summed E-state index contributed by atoms with van der Waals surface area (Å²) in [6, 6.07) is 17.7. The number of carbonyl (C=O) groups excluding carboxylic acids is 2. The molecule has 0 spiro atoms. The number of aromatic nitrogens is 1. The van der Waals surface area contributed by atoms with Crippen molar-refractivity contribution in [3.05, 3.63) is 101 Å². The number of likely N-dealkylation sites (tertiary alicyclic amines) is 1. The minimum Gasteiger partial charge on any atom is -0.480 e. The van der Waals surface area contributed by atoms with Crippen molar-refractivity contribution < 1.29 is 42.3 Å². The summed E-state index contributed by atoms with van der Waals surface area (Å²) < 4.78 is 2.19. The van der Waals surface area contributed by atoms with Crippen molar-refractivity contribution >= 4 is 17.6 Å². The molecule has 3 aromatic rings. The summed E-state index contributed by atoms with van der Waals surface area (Å²) in [5, 5.41) is 3.05. The Morgan fingerprint density at radius 2 is 1.89 bits per heavy atom. The Balaban J connectivity index is 0.00000320. The van der Waals surface area contributed by atoms with Crippen LogP contribution < -0.4 is 10.2 Å². The third-order valence-corrected chi connectivity index (χ3v) is 7.35. The second-order valence-corrected chi connectivity index (χ2v) is 10.7. The molecule has 2 aliphatic heterocycles. The van der Waals surface area contributed by atoms with Crippen LogP contribution in [0, 0.1) is 18.4 Å². The Hall–Kier alpha value is -2.70. The van der Waals surface area contributed by atoms with E-state index in [2.05, 4.69) is 54.7 Å². The molecular formula is C30H33N4O2Y-. The molecule has 1 radical (unpaired) electrons. The minimum atomic E-state index is -0.106. The van der Waals surface area contributed by atoms with Gasteiger partial charge in [-0.05, 0) is 59.4 Å². The number of benzene rings is 2. The summed E-state index contributed by atoms with van der Waals surface area (Å²) in [7, 11) is 0. The van der Waals surface area contributed by atoms with Gasteiger partial charge in [-0.15, -0.1) is 0 Å². The van der Waals surface area contributed by atoms with E-state index in [1.807, 2.05) is 59.2 Å². The van der Waals surface area contributed by atoms with Crippen molar-refractivity contribution in [2.75, 3.05) is 11.4 Å². The zero-order valence-electron chi connectivity index (χ0n) is 21.8. The van der Waals surface area contributed by atoms with Crippen LogP contribution in [0.15, 0.2) is 67.4 Å². The predicted octanol–water partition coefficient (Wildman–Crippen LogP) is 5.30. The smallest absolute Gasteiger partial charge is 0.315 e. The van der Waals surface area contributed by atoms with Crippen molar-refractivity contribution in [2.45, 2.75) is 52.9 Å². The molecule has 0 unspecified atom stereocenters. The van der Waals surface area contributed by atoms with Gasteiger partial charge in [-0.3, -0.25) is 11.4 Å². The first-order valence-corrected chi connectivity index (χ1v) is 12.5. The van der Waals surface area contributed by atoms with Gasteiger partial charge in [0.25, 0.3) is 5.91 Å². The summed E-state index contributed by atoms with van der Waals surface area (Å²) in [4.78, 5) is 30.3. The Morgan fingerprint density at radius 1 is 1.11 bits per heavy atom. The summed E-state index contributed by atoms with van der Waals surface area (Å²) in [6.45, 7) is 12.4. The standard InChI is InChI=1S/C30H33N4O2.Y/c1-5-25-16-30(3,4)20-34(25)29(36)31-17-23-13-12-22(15-21(23)2)28(35)33-19-26-10-8-14-32(26)18-24-9-6-7-11-27(24)33;/h6-15,25H,1,16-20H2,2-4H3,(H,31,36);/q-1;/t25-;/m1./s1. The van der Waals surface area contributed by atoms with Gasteiger partial charge < -0.3 is 25.8 Å².